The highest BCUT2D eigenvalue weighted by atomic mass is 35.5. The Morgan fingerprint density at radius 1 is 1.20 bits per heavy atom. The number of benzene rings is 1. The summed E-state index contributed by atoms with van der Waals surface area (Å²) in [6, 6.07) is 9.34. The Bertz CT molecular complexity index is 2120. The molecule has 5 aromatic rings. The molecule has 0 bridgehead atoms. The van der Waals surface area contributed by atoms with E-state index < -0.39 is 17.7 Å². The van der Waals surface area contributed by atoms with Crippen LogP contribution in [-0.2, 0) is 11.3 Å². The summed E-state index contributed by atoms with van der Waals surface area (Å²) in [5.41, 5.74) is 2.59. The maximum Gasteiger partial charge on any atom is 0.341 e. The van der Waals surface area contributed by atoms with Crippen molar-refractivity contribution in [2.75, 3.05) is 24.6 Å². The molecule has 0 radical (unpaired) electrons. The van der Waals surface area contributed by atoms with Gasteiger partial charge in [-0.25, -0.2) is 14.8 Å². The summed E-state index contributed by atoms with van der Waals surface area (Å²) in [7, 11) is 0. The van der Waals surface area contributed by atoms with E-state index in [2.05, 4.69) is 21.0 Å². The van der Waals surface area contributed by atoms with Crippen molar-refractivity contribution in [1.29, 1.82) is 5.26 Å². The number of β-amino-alcohol motifs (C(OH)–C–C–N with tert-alkyl or cyclic N) is 1. The number of nitriles is 1. The molecule has 1 aromatic carbocycles. The van der Waals surface area contributed by atoms with Crippen LogP contribution in [0.25, 0.3) is 32.2 Å². The molecule has 0 aliphatic carbocycles. The van der Waals surface area contributed by atoms with Crippen LogP contribution in [0.2, 0.25) is 5.02 Å². The van der Waals surface area contributed by atoms with Crippen LogP contribution in [0.15, 0.2) is 40.6 Å². The molecule has 1 aliphatic rings. The van der Waals surface area contributed by atoms with E-state index in [0.717, 1.165) is 10.3 Å². The Morgan fingerprint density at radius 3 is 2.65 bits per heavy atom. The van der Waals surface area contributed by atoms with Crippen molar-refractivity contribution in [3.05, 3.63) is 73.9 Å². The number of hydrogen-bond acceptors (Lipinski definition) is 11. The summed E-state index contributed by atoms with van der Waals surface area (Å²) in [5.74, 6) is 0.901. The summed E-state index contributed by atoms with van der Waals surface area (Å²) in [4.78, 5) is 42.1. The molecule has 1 fully saturated rings. The fourth-order valence-electron chi connectivity index (χ4n) is 5.45. The Labute approximate surface area is 273 Å². The first-order valence-electron chi connectivity index (χ1n) is 14.6. The molecule has 1 N–H and O–H groups in total. The monoisotopic (exact) mass is 658 g/mol. The molecule has 11 nitrogen and oxygen atoms in total. The molecule has 4 aromatic heterocycles. The molecule has 1 saturated heterocycles. The second-order valence-corrected chi connectivity index (χ2v) is 13.4. The minimum atomic E-state index is -0.653. The fraction of sp³-hybridized carbons (Fsp3) is 0.333. The van der Waals surface area contributed by atoms with Crippen LogP contribution in [0.5, 0.6) is 5.75 Å². The lowest BCUT2D eigenvalue weighted by Gasteiger charge is -2.37. The third-order valence-corrected chi connectivity index (χ3v) is 8.76. The molecular weight excluding hydrogens is 628 g/mol. The Hall–Kier alpha value is -4.57. The number of aryl methyl sites for hydroxylation is 2. The van der Waals surface area contributed by atoms with Gasteiger partial charge in [0.2, 0.25) is 0 Å². The quantitative estimate of drug-likeness (QED) is 0.225. The number of ether oxygens (including phenoxy) is 2. The van der Waals surface area contributed by atoms with E-state index in [-0.39, 0.29) is 29.7 Å². The molecular formula is C33H31ClN6O5S. The van der Waals surface area contributed by atoms with Crippen molar-refractivity contribution in [3.8, 4) is 22.9 Å². The van der Waals surface area contributed by atoms with Gasteiger partial charge in [0.15, 0.2) is 0 Å². The number of anilines is 1. The van der Waals surface area contributed by atoms with Crippen LogP contribution in [0.4, 0.5) is 5.82 Å². The van der Waals surface area contributed by atoms with Gasteiger partial charge in [0, 0.05) is 40.3 Å². The van der Waals surface area contributed by atoms with Gasteiger partial charge >= 0.3 is 5.97 Å². The summed E-state index contributed by atoms with van der Waals surface area (Å²) >= 11 is 7.84. The Morgan fingerprint density at radius 2 is 1.96 bits per heavy atom. The molecule has 5 heterocycles. The molecule has 6 rings (SSSR count). The SMILES string of the molecule is Cc1cc(-c2cc(Cl)ccc2OCCn2c(C)nc3cnc(N4CC(O)C4)c(C#N)c3c2=O)c2scc(C(=O)OC(C)(C)C)c2n1. The third kappa shape index (κ3) is 5.89. The van der Waals surface area contributed by atoms with E-state index in [1.54, 1.807) is 35.4 Å². The molecule has 46 heavy (non-hydrogen) atoms. The fourth-order valence-corrected chi connectivity index (χ4v) is 6.63. The normalized spacial score (nSPS) is 13.6. The second-order valence-electron chi connectivity index (χ2n) is 12.1. The lowest BCUT2D eigenvalue weighted by atomic mass is 10.0. The molecule has 0 amide bonds. The zero-order chi connectivity index (χ0) is 32.9. The molecule has 0 saturated carbocycles. The predicted octanol–water partition coefficient (Wildman–Crippen LogP) is 5.43. The first-order valence-corrected chi connectivity index (χ1v) is 15.9. The number of halogens is 1. The number of rotatable bonds is 7. The van der Waals surface area contributed by atoms with Gasteiger partial charge in [-0.2, -0.15) is 5.26 Å². The number of aliphatic hydroxyl groups is 1. The maximum atomic E-state index is 13.7. The number of fused-ring (bicyclic) bond motifs is 2. The molecule has 236 valence electrons. The van der Waals surface area contributed by atoms with Crippen LogP contribution >= 0.6 is 22.9 Å². The first-order chi connectivity index (χ1) is 21.8. The van der Waals surface area contributed by atoms with Gasteiger partial charge in [-0.1, -0.05) is 11.6 Å². The molecule has 0 spiro atoms. The van der Waals surface area contributed by atoms with Crippen LogP contribution < -0.4 is 15.2 Å². The summed E-state index contributed by atoms with van der Waals surface area (Å²) < 4.78 is 14.2. The van der Waals surface area contributed by atoms with Crippen LogP contribution in [0.3, 0.4) is 0 Å². The number of carbonyl (C=O) groups excluding carboxylic acids is 1. The zero-order valence-corrected chi connectivity index (χ0v) is 27.5. The number of carbonyl (C=O) groups is 1. The minimum absolute atomic E-state index is 0.113. The highest BCUT2D eigenvalue weighted by Crippen LogP contribution is 2.40. The van der Waals surface area contributed by atoms with Crippen molar-refractivity contribution in [2.24, 2.45) is 0 Å². The van der Waals surface area contributed by atoms with Crippen LogP contribution in [-0.4, -0.2) is 62.0 Å². The van der Waals surface area contributed by atoms with Crippen molar-refractivity contribution in [2.45, 2.75) is 52.9 Å². The number of aromatic nitrogens is 4. The van der Waals surface area contributed by atoms with Gasteiger partial charge in [0.1, 0.15) is 41.2 Å². The second kappa shape index (κ2) is 12.0. The van der Waals surface area contributed by atoms with Crippen molar-refractivity contribution >= 4 is 55.8 Å². The zero-order valence-electron chi connectivity index (χ0n) is 25.9. The topological polar surface area (TPSA) is 143 Å². The molecule has 0 atom stereocenters. The van der Waals surface area contributed by atoms with Gasteiger partial charge in [-0.15, -0.1) is 11.3 Å². The highest BCUT2D eigenvalue weighted by molar-refractivity contribution is 7.18. The lowest BCUT2D eigenvalue weighted by Crippen LogP contribution is -2.51. The van der Waals surface area contributed by atoms with Gasteiger partial charge in [0.05, 0.1) is 45.5 Å². The molecule has 1 aliphatic heterocycles. The van der Waals surface area contributed by atoms with E-state index in [4.69, 9.17) is 21.1 Å². The van der Waals surface area contributed by atoms with Crippen molar-refractivity contribution in [1.82, 2.24) is 19.5 Å². The Balaban J connectivity index is 1.32. The number of aliphatic hydroxyl groups excluding tert-OH is 1. The van der Waals surface area contributed by atoms with Crippen molar-refractivity contribution < 1.29 is 19.4 Å². The molecule has 13 heteroatoms. The number of nitrogens with zero attached hydrogens (tertiary/aromatic N) is 6. The highest BCUT2D eigenvalue weighted by Gasteiger charge is 2.29. The summed E-state index contributed by atoms with van der Waals surface area (Å²) in [5, 5.41) is 22.2. The van der Waals surface area contributed by atoms with Crippen LogP contribution in [0.1, 0.15) is 48.2 Å². The smallest absolute Gasteiger partial charge is 0.341 e. The van der Waals surface area contributed by atoms with E-state index in [1.807, 2.05) is 33.8 Å². The largest absolute Gasteiger partial charge is 0.491 e. The van der Waals surface area contributed by atoms with Gasteiger partial charge in [0.25, 0.3) is 5.56 Å². The predicted molar refractivity (Wildman–Crippen MR) is 177 cm³/mol. The van der Waals surface area contributed by atoms with Gasteiger partial charge in [-0.3, -0.25) is 14.3 Å². The van der Waals surface area contributed by atoms with Crippen molar-refractivity contribution in [3.63, 3.8) is 0 Å². The van der Waals surface area contributed by atoms with E-state index in [1.165, 1.54) is 22.1 Å². The number of thiophene rings is 1. The standard InChI is InChI=1S/C33H31ClN6O5S/c1-17-10-22(29-28(37-17)24(16-46-29)32(43)45-33(3,4)5)21-11-19(34)6-7-26(21)44-9-8-40-18(2)38-25-13-36-30(39-14-20(41)15-39)23(12-35)27(25)31(40)42/h6-7,10-11,13,16,20,41H,8-9,14-15H2,1-5H3. The average Bonchev–Trinajstić information content (AvgIpc) is 3.40. The maximum absolute atomic E-state index is 13.7. The minimum Gasteiger partial charge on any atom is -0.491 e. The first kappa shape index (κ1) is 31.4. The van der Waals surface area contributed by atoms with Crippen LogP contribution in [0, 0.1) is 25.2 Å². The number of pyridine rings is 2. The van der Waals surface area contributed by atoms with E-state index in [0.29, 0.717) is 63.4 Å². The van der Waals surface area contributed by atoms with E-state index >= 15 is 0 Å². The molecule has 0 unspecified atom stereocenters. The summed E-state index contributed by atoms with van der Waals surface area (Å²) in [6.07, 6.45) is 0.993. The van der Waals surface area contributed by atoms with Gasteiger partial charge in [-0.05, 0) is 58.9 Å². The average molecular weight is 659 g/mol. The Kier molecular flexibility index (Phi) is 8.18. The lowest BCUT2D eigenvalue weighted by molar-refractivity contribution is 0.00720. The number of hydrogen-bond donors (Lipinski definition) is 1. The number of esters is 1. The third-order valence-electron chi connectivity index (χ3n) is 7.52. The van der Waals surface area contributed by atoms with Gasteiger partial charge < -0.3 is 19.5 Å². The summed E-state index contributed by atoms with van der Waals surface area (Å²) in [6.45, 7) is 9.99. The van der Waals surface area contributed by atoms with E-state index in [9.17, 15) is 20.0 Å².